The Balaban J connectivity index is 1.81. The van der Waals surface area contributed by atoms with Gasteiger partial charge in [0.05, 0.1) is 0 Å². The number of aliphatic imine (C=N–C) groups is 1. The van der Waals surface area contributed by atoms with E-state index < -0.39 is 11.6 Å². The molecule has 0 saturated carbocycles. The molecule has 1 heterocycles. The molecule has 2 rings (SSSR count). The fourth-order valence-corrected chi connectivity index (χ4v) is 1.93. The topological polar surface area (TPSA) is 49.3 Å². The Bertz CT molecular complexity index is 629. The van der Waals surface area contributed by atoms with E-state index in [0.29, 0.717) is 12.5 Å². The van der Waals surface area contributed by atoms with Crippen molar-refractivity contribution in [1.29, 1.82) is 0 Å². The van der Waals surface area contributed by atoms with Crippen LogP contribution in [0.3, 0.4) is 0 Å². The van der Waals surface area contributed by atoms with E-state index in [2.05, 4.69) is 20.6 Å². The van der Waals surface area contributed by atoms with Crippen LogP contribution in [-0.2, 0) is 13.0 Å². The molecule has 0 atom stereocenters. The van der Waals surface area contributed by atoms with Gasteiger partial charge in [-0.3, -0.25) is 9.98 Å². The summed E-state index contributed by atoms with van der Waals surface area (Å²) in [6.07, 6.45) is 2.49. The third-order valence-electron chi connectivity index (χ3n) is 3.08. The normalized spacial score (nSPS) is 11.3. The summed E-state index contributed by atoms with van der Waals surface area (Å²) in [5, 5.41) is 6.06. The van der Waals surface area contributed by atoms with Gasteiger partial charge in [-0.1, -0.05) is 6.07 Å². The van der Waals surface area contributed by atoms with Crippen molar-refractivity contribution in [3.63, 3.8) is 0 Å². The SMILES string of the molecule is CN=C(NCCc1ccccn1)NCc1cc(F)ccc1F. The van der Waals surface area contributed by atoms with Crippen molar-refractivity contribution in [2.24, 2.45) is 4.99 Å². The van der Waals surface area contributed by atoms with E-state index in [1.807, 2.05) is 18.2 Å². The number of guanidine groups is 1. The Morgan fingerprint density at radius 2 is 2.05 bits per heavy atom. The number of hydrogen-bond donors (Lipinski definition) is 2. The molecule has 0 spiro atoms. The van der Waals surface area contributed by atoms with Crippen LogP contribution in [0.1, 0.15) is 11.3 Å². The van der Waals surface area contributed by atoms with Crippen LogP contribution < -0.4 is 10.6 Å². The van der Waals surface area contributed by atoms with E-state index in [-0.39, 0.29) is 12.1 Å². The number of halogens is 2. The molecular formula is C16H18F2N4. The van der Waals surface area contributed by atoms with Crippen molar-refractivity contribution in [3.05, 3.63) is 65.5 Å². The molecule has 0 unspecified atom stereocenters. The first-order valence-corrected chi connectivity index (χ1v) is 6.97. The fraction of sp³-hybridized carbons (Fsp3) is 0.250. The molecule has 0 bridgehead atoms. The van der Waals surface area contributed by atoms with Crippen LogP contribution in [0, 0.1) is 11.6 Å². The van der Waals surface area contributed by atoms with Gasteiger partial charge in [-0.25, -0.2) is 8.78 Å². The second-order valence-corrected chi connectivity index (χ2v) is 4.66. The minimum Gasteiger partial charge on any atom is -0.356 e. The lowest BCUT2D eigenvalue weighted by Gasteiger charge is -2.12. The van der Waals surface area contributed by atoms with E-state index in [1.54, 1.807) is 13.2 Å². The van der Waals surface area contributed by atoms with E-state index in [4.69, 9.17) is 0 Å². The quantitative estimate of drug-likeness (QED) is 0.658. The Morgan fingerprint density at radius 1 is 1.18 bits per heavy atom. The Labute approximate surface area is 128 Å². The van der Waals surface area contributed by atoms with Crippen molar-refractivity contribution in [3.8, 4) is 0 Å². The van der Waals surface area contributed by atoms with E-state index in [1.165, 1.54) is 6.07 Å². The Morgan fingerprint density at radius 3 is 2.77 bits per heavy atom. The van der Waals surface area contributed by atoms with Crippen LogP contribution in [0.4, 0.5) is 8.78 Å². The highest BCUT2D eigenvalue weighted by Crippen LogP contribution is 2.08. The largest absolute Gasteiger partial charge is 0.356 e. The summed E-state index contributed by atoms with van der Waals surface area (Å²) in [7, 11) is 1.62. The van der Waals surface area contributed by atoms with Gasteiger partial charge < -0.3 is 10.6 Å². The van der Waals surface area contributed by atoms with Gasteiger partial charge in [0, 0.05) is 44.0 Å². The van der Waals surface area contributed by atoms with E-state index in [9.17, 15) is 8.78 Å². The van der Waals surface area contributed by atoms with Crippen LogP contribution in [-0.4, -0.2) is 24.5 Å². The standard InChI is InChI=1S/C16H18F2N4/c1-19-16(21-9-7-14-4-2-3-8-20-14)22-11-12-10-13(17)5-6-15(12)18/h2-6,8,10H,7,9,11H2,1H3,(H2,19,21,22). The zero-order valence-electron chi connectivity index (χ0n) is 12.3. The van der Waals surface area contributed by atoms with Crippen LogP contribution in [0.25, 0.3) is 0 Å². The van der Waals surface area contributed by atoms with Gasteiger partial charge >= 0.3 is 0 Å². The summed E-state index contributed by atoms with van der Waals surface area (Å²) in [5.41, 5.74) is 1.23. The molecule has 0 amide bonds. The van der Waals surface area contributed by atoms with Crippen molar-refractivity contribution in [2.45, 2.75) is 13.0 Å². The molecule has 0 fully saturated rings. The average molecular weight is 304 g/mol. The molecule has 22 heavy (non-hydrogen) atoms. The lowest BCUT2D eigenvalue weighted by Crippen LogP contribution is -2.38. The molecule has 4 nitrogen and oxygen atoms in total. The fourth-order valence-electron chi connectivity index (χ4n) is 1.93. The highest BCUT2D eigenvalue weighted by Gasteiger charge is 2.05. The Kier molecular flexibility index (Phi) is 5.82. The van der Waals surface area contributed by atoms with Crippen LogP contribution in [0.5, 0.6) is 0 Å². The van der Waals surface area contributed by atoms with Gasteiger partial charge in [0.1, 0.15) is 11.6 Å². The van der Waals surface area contributed by atoms with Gasteiger partial charge in [-0.05, 0) is 30.3 Å². The second-order valence-electron chi connectivity index (χ2n) is 4.66. The summed E-state index contributed by atoms with van der Waals surface area (Å²) >= 11 is 0. The number of benzene rings is 1. The summed E-state index contributed by atoms with van der Waals surface area (Å²) < 4.78 is 26.6. The minimum atomic E-state index is -0.462. The molecule has 1 aromatic carbocycles. The summed E-state index contributed by atoms with van der Waals surface area (Å²) in [5.74, 6) is -0.381. The van der Waals surface area contributed by atoms with Gasteiger partial charge in [0.15, 0.2) is 5.96 Å². The molecular weight excluding hydrogens is 286 g/mol. The van der Waals surface area contributed by atoms with E-state index in [0.717, 1.165) is 24.2 Å². The molecule has 0 aliphatic carbocycles. The smallest absolute Gasteiger partial charge is 0.191 e. The number of nitrogens with zero attached hydrogens (tertiary/aromatic N) is 2. The number of hydrogen-bond acceptors (Lipinski definition) is 2. The van der Waals surface area contributed by atoms with Crippen LogP contribution in [0.15, 0.2) is 47.6 Å². The minimum absolute atomic E-state index is 0.160. The van der Waals surface area contributed by atoms with Crippen LogP contribution in [0.2, 0.25) is 0 Å². The molecule has 0 saturated heterocycles. The lowest BCUT2D eigenvalue weighted by atomic mass is 10.2. The molecule has 1 aromatic heterocycles. The first kappa shape index (κ1) is 15.9. The van der Waals surface area contributed by atoms with Crippen LogP contribution >= 0.6 is 0 Å². The molecule has 2 aromatic rings. The number of aromatic nitrogens is 1. The van der Waals surface area contributed by atoms with Gasteiger partial charge in [-0.15, -0.1) is 0 Å². The first-order chi connectivity index (χ1) is 10.7. The highest BCUT2D eigenvalue weighted by molar-refractivity contribution is 5.79. The maximum Gasteiger partial charge on any atom is 0.191 e. The molecule has 116 valence electrons. The maximum atomic E-state index is 13.5. The highest BCUT2D eigenvalue weighted by atomic mass is 19.1. The summed E-state index contributed by atoms with van der Waals surface area (Å²) in [6, 6.07) is 9.12. The van der Waals surface area contributed by atoms with Crippen molar-refractivity contribution in [2.75, 3.05) is 13.6 Å². The maximum absolute atomic E-state index is 13.5. The predicted octanol–water partition coefficient (Wildman–Crippen LogP) is 2.27. The Hall–Kier alpha value is -2.50. The summed E-state index contributed by atoms with van der Waals surface area (Å²) in [4.78, 5) is 8.27. The van der Waals surface area contributed by atoms with Crippen molar-refractivity contribution < 1.29 is 8.78 Å². The second kappa shape index (κ2) is 8.07. The zero-order chi connectivity index (χ0) is 15.8. The third kappa shape index (κ3) is 4.80. The monoisotopic (exact) mass is 304 g/mol. The predicted molar refractivity (Wildman–Crippen MR) is 82.5 cm³/mol. The first-order valence-electron chi connectivity index (χ1n) is 6.97. The van der Waals surface area contributed by atoms with E-state index >= 15 is 0 Å². The molecule has 0 aliphatic heterocycles. The lowest BCUT2D eigenvalue weighted by molar-refractivity contribution is 0.581. The molecule has 2 N–H and O–H groups in total. The van der Waals surface area contributed by atoms with Gasteiger partial charge in [0.2, 0.25) is 0 Å². The van der Waals surface area contributed by atoms with Crippen molar-refractivity contribution in [1.82, 2.24) is 15.6 Å². The molecule has 0 radical (unpaired) electrons. The average Bonchev–Trinajstić information content (AvgIpc) is 2.54. The van der Waals surface area contributed by atoms with Gasteiger partial charge in [-0.2, -0.15) is 0 Å². The molecule has 0 aliphatic rings. The molecule has 6 heteroatoms. The van der Waals surface area contributed by atoms with Gasteiger partial charge in [0.25, 0.3) is 0 Å². The zero-order valence-corrected chi connectivity index (χ0v) is 12.3. The third-order valence-corrected chi connectivity index (χ3v) is 3.08. The summed E-state index contributed by atoms with van der Waals surface area (Å²) in [6.45, 7) is 0.801. The number of pyridine rings is 1. The number of nitrogens with one attached hydrogen (secondary N) is 2. The number of rotatable bonds is 5. The van der Waals surface area contributed by atoms with Crippen molar-refractivity contribution >= 4 is 5.96 Å².